The van der Waals surface area contributed by atoms with Crippen molar-refractivity contribution in [3.05, 3.63) is 35.1 Å². The maximum Gasteiger partial charge on any atom is 0.227 e. The second-order valence-corrected chi connectivity index (χ2v) is 5.68. The van der Waals surface area contributed by atoms with Gasteiger partial charge in [-0.1, -0.05) is 18.2 Å². The Morgan fingerprint density at radius 1 is 1.40 bits per heavy atom. The first-order chi connectivity index (χ1) is 9.63. The van der Waals surface area contributed by atoms with Crippen LogP contribution in [0.2, 0.25) is 0 Å². The Morgan fingerprint density at radius 2 is 2.25 bits per heavy atom. The summed E-state index contributed by atoms with van der Waals surface area (Å²) in [4.78, 5) is 14.1. The van der Waals surface area contributed by atoms with Crippen LogP contribution in [0.3, 0.4) is 0 Å². The lowest BCUT2D eigenvalue weighted by molar-refractivity contribution is -0.125. The monoisotopic (exact) mass is 278 g/mol. The second kappa shape index (κ2) is 5.50. The minimum absolute atomic E-state index is 0.00266. The number of ether oxygens (including phenoxy) is 1. The van der Waals surface area contributed by atoms with Crippen molar-refractivity contribution < 1.29 is 13.9 Å². The average Bonchev–Trinajstić information content (AvgIpc) is 2.64. The number of hydrogen-bond donors (Lipinski definition) is 1. The maximum atomic E-state index is 14.1. The zero-order chi connectivity index (χ0) is 14.1. The van der Waals surface area contributed by atoms with Crippen LogP contribution in [0, 0.1) is 18.7 Å². The average molecular weight is 278 g/mol. The van der Waals surface area contributed by atoms with E-state index in [1.807, 2.05) is 12.1 Å². The summed E-state index contributed by atoms with van der Waals surface area (Å²) in [6.07, 6.45) is 0. The molecule has 1 aromatic rings. The number of halogens is 1. The Balaban J connectivity index is 1.77. The molecule has 0 aliphatic carbocycles. The molecular formula is C15H19FN2O2. The van der Waals surface area contributed by atoms with E-state index in [9.17, 15) is 9.18 Å². The molecule has 20 heavy (non-hydrogen) atoms. The number of nitrogens with zero attached hydrogens (tertiary/aromatic N) is 1. The highest BCUT2D eigenvalue weighted by Gasteiger charge is 2.33. The van der Waals surface area contributed by atoms with Crippen molar-refractivity contribution in [3.8, 4) is 0 Å². The molecule has 1 aromatic carbocycles. The zero-order valence-electron chi connectivity index (χ0n) is 11.6. The number of nitrogens with one attached hydrogen (secondary N) is 1. The molecule has 2 aliphatic rings. The van der Waals surface area contributed by atoms with Crippen molar-refractivity contribution in [3.63, 3.8) is 0 Å². The van der Waals surface area contributed by atoms with E-state index in [0.29, 0.717) is 44.0 Å². The van der Waals surface area contributed by atoms with E-state index in [1.165, 1.54) is 0 Å². The lowest BCUT2D eigenvalue weighted by atomic mass is 10.1. The molecule has 1 N–H and O–H groups in total. The van der Waals surface area contributed by atoms with Gasteiger partial charge in [-0.25, -0.2) is 4.39 Å². The SMILES string of the molecule is Cc1cccc(CN2C[C@H]3COC[C@@H](C2)C(=O)N3)c1F. The van der Waals surface area contributed by atoms with Gasteiger partial charge in [0.1, 0.15) is 5.82 Å². The van der Waals surface area contributed by atoms with Crippen LogP contribution >= 0.6 is 0 Å². The lowest BCUT2D eigenvalue weighted by Crippen LogP contribution is -2.41. The third kappa shape index (κ3) is 2.69. The molecule has 2 saturated heterocycles. The van der Waals surface area contributed by atoms with Crippen LogP contribution in [0.25, 0.3) is 0 Å². The van der Waals surface area contributed by atoms with Crippen LogP contribution in [-0.4, -0.2) is 43.2 Å². The number of benzene rings is 1. The largest absolute Gasteiger partial charge is 0.378 e. The maximum absolute atomic E-state index is 14.1. The molecule has 3 rings (SSSR count). The molecule has 2 atom stereocenters. The highest BCUT2D eigenvalue weighted by atomic mass is 19.1. The number of aryl methyl sites for hydroxylation is 1. The van der Waals surface area contributed by atoms with Crippen molar-refractivity contribution in [1.82, 2.24) is 10.2 Å². The summed E-state index contributed by atoms with van der Waals surface area (Å²) >= 11 is 0. The highest BCUT2D eigenvalue weighted by molar-refractivity contribution is 5.79. The molecule has 1 amide bonds. The standard InChI is InChI=1S/C15H19FN2O2/c1-10-3-2-4-11(14(10)16)5-18-6-12-8-20-9-13(7-18)17-15(12)19/h2-4,12-13H,5-9H2,1H3,(H,17,19)/t12-,13+/m1/s1. The Hall–Kier alpha value is -1.46. The van der Waals surface area contributed by atoms with Gasteiger partial charge in [0.2, 0.25) is 5.91 Å². The lowest BCUT2D eigenvalue weighted by Gasteiger charge is -2.27. The third-order valence-electron chi connectivity index (χ3n) is 3.98. The number of fused-ring (bicyclic) bond motifs is 3. The molecule has 0 aromatic heterocycles. The van der Waals surface area contributed by atoms with Gasteiger partial charge >= 0.3 is 0 Å². The summed E-state index contributed by atoms with van der Waals surface area (Å²) in [6, 6.07) is 5.46. The van der Waals surface area contributed by atoms with E-state index < -0.39 is 0 Å². The molecule has 2 fully saturated rings. The Morgan fingerprint density at radius 3 is 3.10 bits per heavy atom. The molecule has 108 valence electrons. The van der Waals surface area contributed by atoms with Gasteiger partial charge in [0.05, 0.1) is 25.2 Å². The van der Waals surface area contributed by atoms with Crippen molar-refractivity contribution in [2.24, 2.45) is 5.92 Å². The topological polar surface area (TPSA) is 41.6 Å². The van der Waals surface area contributed by atoms with Crippen LogP contribution in [0.1, 0.15) is 11.1 Å². The number of carbonyl (C=O) groups excluding carboxylic acids is 1. The minimum Gasteiger partial charge on any atom is -0.378 e. The van der Waals surface area contributed by atoms with Crippen LogP contribution in [0.4, 0.5) is 4.39 Å². The molecule has 0 radical (unpaired) electrons. The molecule has 2 bridgehead atoms. The van der Waals surface area contributed by atoms with Gasteiger partial charge in [0, 0.05) is 25.2 Å². The summed E-state index contributed by atoms with van der Waals surface area (Å²) in [5, 5.41) is 2.98. The molecule has 2 heterocycles. The van der Waals surface area contributed by atoms with E-state index in [2.05, 4.69) is 10.2 Å². The minimum atomic E-state index is -0.157. The fraction of sp³-hybridized carbons (Fsp3) is 0.533. The van der Waals surface area contributed by atoms with Crippen LogP contribution in [0.15, 0.2) is 18.2 Å². The first-order valence-corrected chi connectivity index (χ1v) is 6.98. The fourth-order valence-corrected chi connectivity index (χ4v) is 2.92. The van der Waals surface area contributed by atoms with Crippen molar-refractivity contribution >= 4 is 5.91 Å². The summed E-state index contributed by atoms with van der Waals surface area (Å²) in [7, 11) is 0. The molecule has 5 heteroatoms. The van der Waals surface area contributed by atoms with E-state index in [0.717, 1.165) is 0 Å². The van der Waals surface area contributed by atoms with E-state index >= 15 is 0 Å². The number of rotatable bonds is 2. The second-order valence-electron chi connectivity index (χ2n) is 5.68. The van der Waals surface area contributed by atoms with Crippen molar-refractivity contribution in [1.29, 1.82) is 0 Å². The Labute approximate surface area is 117 Å². The van der Waals surface area contributed by atoms with Gasteiger partial charge in [-0.3, -0.25) is 9.69 Å². The van der Waals surface area contributed by atoms with Crippen LogP contribution < -0.4 is 5.32 Å². The van der Waals surface area contributed by atoms with Crippen LogP contribution in [-0.2, 0) is 16.1 Å². The normalized spacial score (nSPS) is 27.0. The predicted molar refractivity (Wildman–Crippen MR) is 72.7 cm³/mol. The quantitative estimate of drug-likeness (QED) is 0.880. The summed E-state index contributed by atoms with van der Waals surface area (Å²) < 4.78 is 19.6. The van der Waals surface area contributed by atoms with Gasteiger partial charge in [0.25, 0.3) is 0 Å². The molecule has 2 aliphatic heterocycles. The molecular weight excluding hydrogens is 259 g/mol. The predicted octanol–water partition coefficient (Wildman–Crippen LogP) is 1.08. The Kier molecular flexibility index (Phi) is 3.72. The van der Waals surface area contributed by atoms with Gasteiger partial charge in [-0.05, 0) is 12.5 Å². The third-order valence-corrected chi connectivity index (χ3v) is 3.98. The van der Waals surface area contributed by atoms with Gasteiger partial charge < -0.3 is 10.1 Å². The summed E-state index contributed by atoms with van der Waals surface area (Å²) in [6.45, 7) is 4.62. The number of hydrogen-bond acceptors (Lipinski definition) is 3. The fourth-order valence-electron chi connectivity index (χ4n) is 2.92. The van der Waals surface area contributed by atoms with E-state index in [1.54, 1.807) is 13.0 Å². The number of amides is 1. The van der Waals surface area contributed by atoms with Crippen LogP contribution in [0.5, 0.6) is 0 Å². The van der Waals surface area contributed by atoms with Crippen molar-refractivity contribution in [2.75, 3.05) is 26.3 Å². The molecule has 0 spiro atoms. The summed E-state index contributed by atoms with van der Waals surface area (Å²) in [5.74, 6) is -0.243. The van der Waals surface area contributed by atoms with Gasteiger partial charge in [-0.15, -0.1) is 0 Å². The highest BCUT2D eigenvalue weighted by Crippen LogP contribution is 2.19. The smallest absolute Gasteiger partial charge is 0.227 e. The molecule has 4 nitrogen and oxygen atoms in total. The first-order valence-electron chi connectivity index (χ1n) is 6.98. The van der Waals surface area contributed by atoms with Gasteiger partial charge in [0.15, 0.2) is 0 Å². The summed E-state index contributed by atoms with van der Waals surface area (Å²) in [5.41, 5.74) is 1.35. The Bertz CT molecular complexity index is 521. The molecule has 0 saturated carbocycles. The zero-order valence-corrected chi connectivity index (χ0v) is 11.6. The molecule has 0 unspecified atom stereocenters. The first kappa shape index (κ1) is 13.5. The number of carbonyl (C=O) groups is 1. The van der Waals surface area contributed by atoms with E-state index in [4.69, 9.17) is 4.74 Å². The van der Waals surface area contributed by atoms with Gasteiger partial charge in [-0.2, -0.15) is 0 Å². The van der Waals surface area contributed by atoms with Crippen molar-refractivity contribution in [2.45, 2.75) is 19.5 Å². The van der Waals surface area contributed by atoms with E-state index in [-0.39, 0.29) is 23.7 Å².